The minimum absolute atomic E-state index is 0.223. The Morgan fingerprint density at radius 1 is 0.759 bits per heavy atom. The number of hydrogen-bond donors (Lipinski definition) is 0. The number of unbranched alkanes of at least 4 members (excludes halogenated alkanes) is 10. The van der Waals surface area contributed by atoms with Gasteiger partial charge in [0.25, 0.3) is 0 Å². The fraction of sp³-hybridized carbons (Fsp3) is 0.577. The van der Waals surface area contributed by atoms with Crippen molar-refractivity contribution in [1.82, 2.24) is 4.90 Å². The third-order valence-corrected chi connectivity index (χ3v) is 5.49. The molecule has 3 nitrogen and oxygen atoms in total. The lowest BCUT2D eigenvalue weighted by atomic mass is 10.0. The lowest BCUT2D eigenvalue weighted by Crippen LogP contribution is -2.29. The van der Waals surface area contributed by atoms with Gasteiger partial charge in [-0.25, -0.2) is 0 Å². The van der Waals surface area contributed by atoms with E-state index in [-0.39, 0.29) is 5.91 Å². The molecule has 0 saturated carbocycles. The molecule has 1 heterocycles. The zero-order valence-electron chi connectivity index (χ0n) is 18.3. The van der Waals surface area contributed by atoms with Gasteiger partial charge in [0.1, 0.15) is 5.76 Å². The predicted octanol–water partition coefficient (Wildman–Crippen LogP) is 7.51. The molecule has 160 valence electrons. The Morgan fingerprint density at radius 3 is 1.97 bits per heavy atom. The summed E-state index contributed by atoms with van der Waals surface area (Å²) >= 11 is 0. The molecule has 2 aromatic rings. The zero-order chi connectivity index (χ0) is 20.6. The van der Waals surface area contributed by atoms with E-state index in [1.54, 1.807) is 6.26 Å². The molecule has 0 N–H and O–H groups in total. The third-order valence-electron chi connectivity index (χ3n) is 5.49. The molecule has 2 rings (SSSR count). The van der Waals surface area contributed by atoms with Gasteiger partial charge in [-0.05, 0) is 24.1 Å². The summed E-state index contributed by atoms with van der Waals surface area (Å²) in [5.74, 6) is 1.06. The molecule has 1 aromatic carbocycles. The molecular weight excluding hydrogens is 358 g/mol. The monoisotopic (exact) mass is 397 g/mol. The lowest BCUT2D eigenvalue weighted by molar-refractivity contribution is -0.132. The fourth-order valence-electron chi connectivity index (χ4n) is 3.73. The number of nitrogens with zero attached hydrogens (tertiary/aromatic N) is 1. The molecule has 3 heteroatoms. The second kappa shape index (κ2) is 14.9. The predicted molar refractivity (Wildman–Crippen MR) is 120 cm³/mol. The Kier molecular flexibility index (Phi) is 11.9. The Bertz CT molecular complexity index is 636. The highest BCUT2D eigenvalue weighted by atomic mass is 16.3. The normalized spacial score (nSPS) is 10.9. The maximum atomic E-state index is 12.8. The maximum absolute atomic E-state index is 12.8. The van der Waals surface area contributed by atoms with Crippen molar-refractivity contribution in [1.29, 1.82) is 0 Å². The molecule has 0 aliphatic rings. The Morgan fingerprint density at radius 2 is 1.38 bits per heavy atom. The fourth-order valence-corrected chi connectivity index (χ4v) is 3.73. The van der Waals surface area contributed by atoms with Crippen LogP contribution in [0, 0.1) is 0 Å². The minimum atomic E-state index is 0.223. The van der Waals surface area contributed by atoms with Gasteiger partial charge < -0.3 is 9.32 Å². The summed E-state index contributed by atoms with van der Waals surface area (Å²) in [4.78, 5) is 14.7. The van der Waals surface area contributed by atoms with Gasteiger partial charge in [-0.2, -0.15) is 0 Å². The van der Waals surface area contributed by atoms with Crippen LogP contribution in [0.2, 0.25) is 0 Å². The second-order valence-corrected chi connectivity index (χ2v) is 8.10. The quantitative estimate of drug-likeness (QED) is 0.275. The van der Waals surface area contributed by atoms with Gasteiger partial charge in [-0.1, -0.05) is 101 Å². The largest absolute Gasteiger partial charge is 0.467 e. The summed E-state index contributed by atoms with van der Waals surface area (Å²) in [7, 11) is 0. The molecular formula is C26H39NO2. The van der Waals surface area contributed by atoms with E-state index in [1.165, 1.54) is 57.8 Å². The van der Waals surface area contributed by atoms with Crippen molar-refractivity contribution in [2.24, 2.45) is 0 Å². The highest BCUT2D eigenvalue weighted by molar-refractivity contribution is 5.76. The van der Waals surface area contributed by atoms with E-state index in [4.69, 9.17) is 4.42 Å². The highest BCUT2D eigenvalue weighted by Crippen LogP contribution is 2.15. The summed E-state index contributed by atoms with van der Waals surface area (Å²) in [5.41, 5.74) is 1.16. The van der Waals surface area contributed by atoms with Crippen molar-refractivity contribution >= 4 is 5.91 Å². The van der Waals surface area contributed by atoms with E-state index < -0.39 is 0 Å². The van der Waals surface area contributed by atoms with E-state index in [0.717, 1.165) is 24.2 Å². The van der Waals surface area contributed by atoms with Crippen LogP contribution in [0.3, 0.4) is 0 Å². The second-order valence-electron chi connectivity index (χ2n) is 8.10. The molecule has 0 spiro atoms. The van der Waals surface area contributed by atoms with Crippen LogP contribution < -0.4 is 0 Å². The standard InChI is InChI=1S/C26H39NO2/c1-2-3-4-5-6-7-8-9-10-11-15-20-26(28)27(23-25-19-16-21-29-25)22-24-17-13-12-14-18-24/h12-14,16-19,21H,2-11,15,20,22-23H2,1H3. The molecule has 0 bridgehead atoms. The molecule has 0 saturated heterocycles. The average molecular weight is 398 g/mol. The first kappa shape index (κ1) is 23.3. The first-order valence-corrected chi connectivity index (χ1v) is 11.6. The maximum Gasteiger partial charge on any atom is 0.223 e. The van der Waals surface area contributed by atoms with Gasteiger partial charge >= 0.3 is 0 Å². The van der Waals surface area contributed by atoms with E-state index in [2.05, 4.69) is 19.1 Å². The highest BCUT2D eigenvalue weighted by Gasteiger charge is 2.15. The number of carbonyl (C=O) groups is 1. The molecule has 0 radical (unpaired) electrons. The number of amides is 1. The number of benzene rings is 1. The number of hydrogen-bond acceptors (Lipinski definition) is 2. The van der Waals surface area contributed by atoms with Crippen molar-refractivity contribution < 1.29 is 9.21 Å². The van der Waals surface area contributed by atoms with Crippen LogP contribution in [0.15, 0.2) is 53.1 Å². The summed E-state index contributed by atoms with van der Waals surface area (Å²) < 4.78 is 5.47. The van der Waals surface area contributed by atoms with Gasteiger partial charge in [0.15, 0.2) is 0 Å². The van der Waals surface area contributed by atoms with Crippen LogP contribution in [-0.4, -0.2) is 10.8 Å². The Balaban J connectivity index is 1.63. The van der Waals surface area contributed by atoms with E-state index in [1.807, 2.05) is 35.2 Å². The Labute approximate surface area is 177 Å². The molecule has 1 aromatic heterocycles. The molecule has 29 heavy (non-hydrogen) atoms. The van der Waals surface area contributed by atoms with Crippen molar-refractivity contribution in [2.45, 2.75) is 97.1 Å². The smallest absolute Gasteiger partial charge is 0.223 e. The van der Waals surface area contributed by atoms with Crippen LogP contribution in [-0.2, 0) is 17.9 Å². The summed E-state index contributed by atoms with van der Waals surface area (Å²) in [6.07, 6.45) is 16.6. The molecule has 0 fully saturated rings. The number of carbonyl (C=O) groups excluding carboxylic acids is 1. The van der Waals surface area contributed by atoms with Gasteiger partial charge in [0.05, 0.1) is 12.8 Å². The lowest BCUT2D eigenvalue weighted by Gasteiger charge is -2.22. The minimum Gasteiger partial charge on any atom is -0.467 e. The van der Waals surface area contributed by atoms with Crippen molar-refractivity contribution in [3.8, 4) is 0 Å². The van der Waals surface area contributed by atoms with Crippen molar-refractivity contribution in [2.75, 3.05) is 0 Å². The SMILES string of the molecule is CCCCCCCCCCCCCC(=O)N(Cc1ccccc1)Cc1ccco1. The first-order valence-electron chi connectivity index (χ1n) is 11.6. The van der Waals surface area contributed by atoms with Crippen LogP contribution in [0.4, 0.5) is 0 Å². The average Bonchev–Trinajstić information content (AvgIpc) is 3.25. The number of furan rings is 1. The van der Waals surface area contributed by atoms with Gasteiger partial charge in [0, 0.05) is 13.0 Å². The molecule has 0 aliphatic heterocycles. The van der Waals surface area contributed by atoms with Crippen LogP contribution in [0.5, 0.6) is 0 Å². The molecule has 0 aliphatic carbocycles. The molecule has 0 unspecified atom stereocenters. The van der Waals surface area contributed by atoms with Gasteiger partial charge in [-0.3, -0.25) is 4.79 Å². The summed E-state index contributed by atoms with van der Waals surface area (Å²) in [6, 6.07) is 14.0. The van der Waals surface area contributed by atoms with Crippen LogP contribution in [0.25, 0.3) is 0 Å². The Hall–Kier alpha value is -2.03. The molecule has 1 amide bonds. The van der Waals surface area contributed by atoms with E-state index in [0.29, 0.717) is 19.5 Å². The number of rotatable bonds is 16. The summed E-state index contributed by atoms with van der Waals surface area (Å²) in [5, 5.41) is 0. The summed E-state index contributed by atoms with van der Waals surface area (Å²) in [6.45, 7) is 3.44. The van der Waals surface area contributed by atoms with Crippen molar-refractivity contribution in [3.05, 3.63) is 60.1 Å². The first-order chi connectivity index (χ1) is 14.3. The zero-order valence-corrected chi connectivity index (χ0v) is 18.3. The van der Waals surface area contributed by atoms with E-state index >= 15 is 0 Å². The van der Waals surface area contributed by atoms with Crippen LogP contribution in [0.1, 0.15) is 95.3 Å². The topological polar surface area (TPSA) is 33.5 Å². The molecule has 0 atom stereocenters. The third kappa shape index (κ3) is 10.3. The van der Waals surface area contributed by atoms with Crippen molar-refractivity contribution in [3.63, 3.8) is 0 Å². The van der Waals surface area contributed by atoms with Gasteiger partial charge in [0.2, 0.25) is 5.91 Å². The van der Waals surface area contributed by atoms with E-state index in [9.17, 15) is 4.79 Å². The van der Waals surface area contributed by atoms with Crippen LogP contribution >= 0.6 is 0 Å². The van der Waals surface area contributed by atoms with Gasteiger partial charge in [-0.15, -0.1) is 0 Å².